The Hall–Kier alpha value is -1.89. The number of aryl methyl sites for hydroxylation is 1. The van der Waals surface area contributed by atoms with Crippen molar-refractivity contribution in [3.63, 3.8) is 0 Å². The lowest BCUT2D eigenvalue weighted by atomic mass is 10.1. The van der Waals surface area contributed by atoms with E-state index in [2.05, 4.69) is 9.69 Å². The molecule has 0 spiro atoms. The molecule has 7 heteroatoms. The lowest BCUT2D eigenvalue weighted by Gasteiger charge is -2.08. The van der Waals surface area contributed by atoms with Crippen LogP contribution in [0.2, 0.25) is 0 Å². The van der Waals surface area contributed by atoms with Crippen LogP contribution in [0, 0.1) is 6.92 Å². The highest BCUT2D eigenvalue weighted by Gasteiger charge is 2.30. The van der Waals surface area contributed by atoms with Gasteiger partial charge in [-0.15, -0.1) is 0 Å². The first-order chi connectivity index (χ1) is 8.86. The standard InChI is InChI=1S/C12H9F3N2OS/c1-7-5-10(19-17-7)16-11(18)8-3-2-4-9(6-8)12(13,14)15/h2-6H,1H3,(H,16,18). The lowest BCUT2D eigenvalue weighted by Crippen LogP contribution is -2.13. The van der Waals surface area contributed by atoms with Crippen molar-refractivity contribution in [2.45, 2.75) is 13.1 Å². The number of aromatic nitrogens is 1. The van der Waals surface area contributed by atoms with Gasteiger partial charge in [-0.2, -0.15) is 17.5 Å². The Balaban J connectivity index is 2.20. The van der Waals surface area contributed by atoms with Crippen LogP contribution in [-0.2, 0) is 6.18 Å². The van der Waals surface area contributed by atoms with Crippen LogP contribution in [-0.4, -0.2) is 10.3 Å². The minimum absolute atomic E-state index is 0.0409. The Labute approximate surface area is 111 Å². The molecule has 0 unspecified atom stereocenters. The molecule has 2 aromatic rings. The monoisotopic (exact) mass is 286 g/mol. The minimum Gasteiger partial charge on any atom is -0.312 e. The highest BCUT2D eigenvalue weighted by molar-refractivity contribution is 7.10. The number of nitrogens with zero attached hydrogens (tertiary/aromatic N) is 1. The number of anilines is 1. The van der Waals surface area contributed by atoms with Crippen molar-refractivity contribution in [1.29, 1.82) is 0 Å². The molecule has 2 rings (SSSR count). The highest BCUT2D eigenvalue weighted by atomic mass is 32.1. The number of alkyl halides is 3. The Kier molecular flexibility index (Phi) is 3.57. The van der Waals surface area contributed by atoms with E-state index in [1.165, 1.54) is 12.1 Å². The number of hydrogen-bond acceptors (Lipinski definition) is 3. The van der Waals surface area contributed by atoms with Crippen LogP contribution in [0.3, 0.4) is 0 Å². The second-order valence-corrected chi connectivity index (χ2v) is 4.67. The largest absolute Gasteiger partial charge is 0.416 e. The summed E-state index contributed by atoms with van der Waals surface area (Å²) >= 11 is 1.08. The fourth-order valence-corrected chi connectivity index (χ4v) is 2.10. The van der Waals surface area contributed by atoms with Gasteiger partial charge in [-0.1, -0.05) is 6.07 Å². The van der Waals surface area contributed by atoms with E-state index in [4.69, 9.17) is 0 Å². The second-order valence-electron chi connectivity index (χ2n) is 3.87. The first-order valence-electron chi connectivity index (χ1n) is 5.28. The average Bonchev–Trinajstić information content (AvgIpc) is 2.74. The summed E-state index contributed by atoms with van der Waals surface area (Å²) in [5.74, 6) is -0.588. The fourth-order valence-electron chi connectivity index (χ4n) is 1.44. The van der Waals surface area contributed by atoms with Crippen molar-refractivity contribution in [2.24, 2.45) is 0 Å². The van der Waals surface area contributed by atoms with Crippen molar-refractivity contribution in [3.8, 4) is 0 Å². The Morgan fingerprint density at radius 2 is 2.05 bits per heavy atom. The Bertz CT molecular complexity index is 607. The number of carbonyl (C=O) groups is 1. The van der Waals surface area contributed by atoms with Gasteiger partial charge in [-0.3, -0.25) is 4.79 Å². The number of amides is 1. The molecule has 0 aliphatic rings. The first-order valence-corrected chi connectivity index (χ1v) is 6.05. The molecule has 0 radical (unpaired) electrons. The van der Waals surface area contributed by atoms with Crippen molar-refractivity contribution in [1.82, 2.24) is 4.37 Å². The van der Waals surface area contributed by atoms with Crippen molar-refractivity contribution in [3.05, 3.63) is 47.2 Å². The van der Waals surface area contributed by atoms with Gasteiger partial charge in [0.2, 0.25) is 0 Å². The average molecular weight is 286 g/mol. The molecular weight excluding hydrogens is 277 g/mol. The Morgan fingerprint density at radius 1 is 1.32 bits per heavy atom. The van der Waals surface area contributed by atoms with Gasteiger partial charge in [-0.25, -0.2) is 0 Å². The second kappa shape index (κ2) is 5.00. The summed E-state index contributed by atoms with van der Waals surface area (Å²) in [7, 11) is 0. The van der Waals surface area contributed by atoms with Gasteiger partial charge < -0.3 is 5.32 Å². The molecule has 19 heavy (non-hydrogen) atoms. The van der Waals surface area contributed by atoms with Crippen LogP contribution in [0.4, 0.5) is 18.2 Å². The van der Waals surface area contributed by atoms with Gasteiger partial charge in [0, 0.05) is 5.56 Å². The number of benzene rings is 1. The van der Waals surface area contributed by atoms with E-state index in [1.54, 1.807) is 13.0 Å². The molecule has 0 aliphatic carbocycles. The predicted octanol–water partition coefficient (Wildman–Crippen LogP) is 3.72. The van der Waals surface area contributed by atoms with Gasteiger partial charge in [0.15, 0.2) is 0 Å². The third-order valence-corrected chi connectivity index (χ3v) is 3.11. The topological polar surface area (TPSA) is 42.0 Å². The van der Waals surface area contributed by atoms with Crippen LogP contribution >= 0.6 is 11.5 Å². The maximum absolute atomic E-state index is 12.5. The summed E-state index contributed by atoms with van der Waals surface area (Å²) in [6.07, 6.45) is -4.46. The molecule has 1 amide bonds. The number of hydrogen-bond donors (Lipinski definition) is 1. The SMILES string of the molecule is Cc1cc(NC(=O)c2cccc(C(F)(F)F)c2)sn1. The maximum Gasteiger partial charge on any atom is 0.416 e. The molecule has 1 N–H and O–H groups in total. The molecule has 1 heterocycles. The first kappa shape index (κ1) is 13.5. The number of nitrogens with one attached hydrogen (secondary N) is 1. The van der Waals surface area contributed by atoms with E-state index in [0.29, 0.717) is 5.00 Å². The Morgan fingerprint density at radius 3 is 2.63 bits per heavy atom. The van der Waals surface area contributed by atoms with Crippen LogP contribution in [0.15, 0.2) is 30.3 Å². The summed E-state index contributed by atoms with van der Waals surface area (Å²) in [4.78, 5) is 11.8. The zero-order chi connectivity index (χ0) is 14.0. The maximum atomic E-state index is 12.5. The summed E-state index contributed by atoms with van der Waals surface area (Å²) in [6.45, 7) is 1.76. The smallest absolute Gasteiger partial charge is 0.312 e. The van der Waals surface area contributed by atoms with Crippen molar-refractivity contribution < 1.29 is 18.0 Å². The molecule has 0 bridgehead atoms. The van der Waals surface area contributed by atoms with Crippen LogP contribution in [0.25, 0.3) is 0 Å². The van der Waals surface area contributed by atoms with Gasteiger partial charge in [-0.05, 0) is 42.7 Å². The van der Waals surface area contributed by atoms with E-state index >= 15 is 0 Å². The highest BCUT2D eigenvalue weighted by Crippen LogP contribution is 2.29. The molecule has 3 nitrogen and oxygen atoms in total. The molecular formula is C12H9F3N2OS. The van der Waals surface area contributed by atoms with Gasteiger partial charge in [0.1, 0.15) is 5.00 Å². The normalized spacial score (nSPS) is 11.4. The van der Waals surface area contributed by atoms with E-state index < -0.39 is 17.6 Å². The van der Waals surface area contributed by atoms with E-state index in [-0.39, 0.29) is 5.56 Å². The lowest BCUT2D eigenvalue weighted by molar-refractivity contribution is -0.137. The van der Waals surface area contributed by atoms with Crippen molar-refractivity contribution in [2.75, 3.05) is 5.32 Å². The summed E-state index contributed by atoms with van der Waals surface area (Å²) in [6, 6.07) is 5.93. The number of rotatable bonds is 2. The van der Waals surface area contributed by atoms with Gasteiger partial charge >= 0.3 is 6.18 Å². The third kappa shape index (κ3) is 3.31. The van der Waals surface area contributed by atoms with Crippen molar-refractivity contribution >= 4 is 22.4 Å². The summed E-state index contributed by atoms with van der Waals surface area (Å²) in [5.41, 5.74) is -0.147. The third-order valence-electron chi connectivity index (χ3n) is 2.32. The molecule has 0 atom stereocenters. The molecule has 0 aliphatic heterocycles. The zero-order valence-electron chi connectivity index (χ0n) is 9.78. The molecule has 0 fully saturated rings. The number of carbonyl (C=O) groups excluding carboxylic acids is 1. The summed E-state index contributed by atoms with van der Waals surface area (Å²) < 4.78 is 41.5. The van der Waals surface area contributed by atoms with Crippen LogP contribution in [0.1, 0.15) is 21.6 Å². The zero-order valence-corrected chi connectivity index (χ0v) is 10.6. The minimum atomic E-state index is -4.46. The quantitative estimate of drug-likeness (QED) is 0.914. The fraction of sp³-hybridized carbons (Fsp3) is 0.167. The van der Waals surface area contributed by atoms with E-state index in [0.717, 1.165) is 29.4 Å². The molecule has 0 saturated heterocycles. The molecule has 100 valence electrons. The van der Waals surface area contributed by atoms with E-state index in [1.807, 2.05) is 0 Å². The van der Waals surface area contributed by atoms with Crippen LogP contribution < -0.4 is 5.32 Å². The molecule has 0 saturated carbocycles. The molecule has 1 aromatic carbocycles. The van der Waals surface area contributed by atoms with Gasteiger partial charge in [0.05, 0.1) is 11.3 Å². The van der Waals surface area contributed by atoms with E-state index in [9.17, 15) is 18.0 Å². The molecule has 1 aromatic heterocycles. The van der Waals surface area contributed by atoms with Crippen LogP contribution in [0.5, 0.6) is 0 Å². The van der Waals surface area contributed by atoms with Gasteiger partial charge in [0.25, 0.3) is 5.91 Å². The number of halogens is 3. The predicted molar refractivity (Wildman–Crippen MR) is 66.2 cm³/mol. The summed E-state index contributed by atoms with van der Waals surface area (Å²) in [5, 5.41) is 3.01.